The Morgan fingerprint density at radius 2 is 1.88 bits per heavy atom. The number of hydrazone groups is 1. The predicted molar refractivity (Wildman–Crippen MR) is 150 cm³/mol. The second-order valence-corrected chi connectivity index (χ2v) is 10.9. The van der Waals surface area contributed by atoms with Gasteiger partial charge in [-0.2, -0.15) is 18.3 Å². The van der Waals surface area contributed by atoms with Crippen molar-refractivity contribution in [2.24, 2.45) is 12.1 Å². The van der Waals surface area contributed by atoms with E-state index in [0.29, 0.717) is 39.3 Å². The van der Waals surface area contributed by atoms with Gasteiger partial charge in [0.15, 0.2) is 0 Å². The van der Waals surface area contributed by atoms with E-state index < -0.39 is 17.8 Å². The van der Waals surface area contributed by atoms with Gasteiger partial charge in [-0.3, -0.25) is 9.69 Å². The monoisotopic (exact) mass is 588 g/mol. The highest BCUT2D eigenvalue weighted by Gasteiger charge is 2.36. The third-order valence-electron chi connectivity index (χ3n) is 7.16. The Morgan fingerprint density at radius 1 is 1.12 bits per heavy atom. The van der Waals surface area contributed by atoms with Crippen LogP contribution in [0.25, 0.3) is 0 Å². The van der Waals surface area contributed by atoms with Gasteiger partial charge in [0, 0.05) is 57.2 Å². The highest BCUT2D eigenvalue weighted by molar-refractivity contribution is 7.12. The maximum Gasteiger partial charge on any atom is 0.416 e. The zero-order valence-corrected chi connectivity index (χ0v) is 23.3. The summed E-state index contributed by atoms with van der Waals surface area (Å²) in [5.74, 6) is -0.354. The van der Waals surface area contributed by atoms with Gasteiger partial charge < -0.3 is 19.5 Å². The van der Waals surface area contributed by atoms with Crippen LogP contribution in [0.3, 0.4) is 0 Å². The first-order valence-corrected chi connectivity index (χ1v) is 14.1. The number of morpholine rings is 1. The topological polar surface area (TPSA) is 82.4 Å². The van der Waals surface area contributed by atoms with Crippen molar-refractivity contribution in [1.29, 1.82) is 0 Å². The number of carbonyl (C=O) groups excluding carboxylic acids is 2. The number of aryl methyl sites for hydroxylation is 1. The normalized spacial score (nSPS) is 17.9. The zero-order chi connectivity index (χ0) is 29.0. The number of thiophene rings is 1. The summed E-state index contributed by atoms with van der Waals surface area (Å²) in [6, 6.07) is 11.1. The number of ether oxygens (including phenoxy) is 1. The first kappa shape index (κ1) is 28.8. The van der Waals surface area contributed by atoms with Gasteiger partial charge in [-0.1, -0.05) is 6.07 Å². The molecule has 1 aromatic carbocycles. The lowest BCUT2D eigenvalue weighted by Gasteiger charge is -2.31. The van der Waals surface area contributed by atoms with Crippen LogP contribution in [0.5, 0.6) is 0 Å². The van der Waals surface area contributed by atoms with Gasteiger partial charge >= 0.3 is 12.2 Å². The third-order valence-corrected chi connectivity index (χ3v) is 8.08. The molecule has 0 bridgehead atoms. The fourth-order valence-corrected chi connectivity index (χ4v) is 5.62. The number of carbonyl (C=O) groups is 2. The van der Waals surface area contributed by atoms with Crippen LogP contribution in [0.15, 0.2) is 65.2 Å². The Morgan fingerprint density at radius 3 is 2.51 bits per heavy atom. The molecule has 2 aromatic heterocycles. The summed E-state index contributed by atoms with van der Waals surface area (Å²) in [5, 5.41) is 10.8. The zero-order valence-electron chi connectivity index (χ0n) is 22.5. The number of urea groups is 1. The van der Waals surface area contributed by atoms with Crippen molar-refractivity contribution < 1.29 is 27.5 Å². The fraction of sp³-hybridized carbons (Fsp3) is 0.393. The molecule has 0 spiro atoms. The SMILES string of the molecule is Cn1cccc1[C@H]1CC(c2cccs2)=NN1C(=O)CN(CCN1CCOCC1)C(=O)Nc1ccc(C(F)(F)F)cc1. The van der Waals surface area contributed by atoms with Crippen molar-refractivity contribution in [2.45, 2.75) is 18.6 Å². The van der Waals surface area contributed by atoms with Gasteiger partial charge in [-0.05, 0) is 47.8 Å². The Hall–Kier alpha value is -3.68. The number of nitrogens with zero attached hydrogens (tertiary/aromatic N) is 5. The van der Waals surface area contributed by atoms with E-state index in [0.717, 1.165) is 28.4 Å². The molecule has 1 atom stereocenters. The molecule has 13 heteroatoms. The summed E-state index contributed by atoms with van der Waals surface area (Å²) < 4.78 is 46.3. The minimum Gasteiger partial charge on any atom is -0.379 e. The molecule has 0 radical (unpaired) electrons. The van der Waals surface area contributed by atoms with Crippen molar-refractivity contribution in [3.05, 3.63) is 76.2 Å². The number of anilines is 1. The van der Waals surface area contributed by atoms with E-state index in [-0.39, 0.29) is 30.7 Å². The molecule has 41 heavy (non-hydrogen) atoms. The van der Waals surface area contributed by atoms with E-state index in [9.17, 15) is 22.8 Å². The quantitative estimate of drug-likeness (QED) is 0.416. The van der Waals surface area contributed by atoms with Crippen molar-refractivity contribution in [3.63, 3.8) is 0 Å². The van der Waals surface area contributed by atoms with Crippen LogP contribution >= 0.6 is 11.3 Å². The van der Waals surface area contributed by atoms with Crippen LogP contribution in [-0.4, -0.2) is 83.0 Å². The number of amides is 3. The Kier molecular flexibility index (Phi) is 8.76. The standard InChI is InChI=1S/C28H31F3N6O3S/c1-34-10-2-4-23(34)24-18-22(25-5-3-17-41-25)33-37(24)26(38)19-36(12-11-35-13-15-40-16-14-35)27(39)32-21-8-6-20(7-9-21)28(29,30)31/h2-10,17,24H,11-16,18-19H2,1H3,(H,32,39)/t24-/m1/s1. The highest BCUT2D eigenvalue weighted by atomic mass is 32.1. The molecular weight excluding hydrogens is 557 g/mol. The summed E-state index contributed by atoms with van der Waals surface area (Å²) in [6.45, 7) is 3.09. The summed E-state index contributed by atoms with van der Waals surface area (Å²) in [4.78, 5) is 31.7. The molecule has 2 aliphatic heterocycles. The number of hydrogen-bond acceptors (Lipinski definition) is 6. The molecule has 0 unspecified atom stereocenters. The van der Waals surface area contributed by atoms with Crippen LogP contribution in [0.4, 0.5) is 23.7 Å². The van der Waals surface area contributed by atoms with E-state index in [1.807, 2.05) is 47.5 Å². The molecule has 3 amide bonds. The first-order valence-electron chi connectivity index (χ1n) is 13.3. The minimum atomic E-state index is -4.48. The lowest BCUT2D eigenvalue weighted by atomic mass is 10.1. The lowest BCUT2D eigenvalue weighted by molar-refractivity contribution is -0.137. The maximum atomic E-state index is 13.8. The summed E-state index contributed by atoms with van der Waals surface area (Å²) in [5.41, 5.74) is 1.11. The lowest BCUT2D eigenvalue weighted by Crippen LogP contribution is -2.47. The third kappa shape index (κ3) is 6.97. The van der Waals surface area contributed by atoms with Crippen LogP contribution < -0.4 is 5.32 Å². The van der Waals surface area contributed by atoms with E-state index in [4.69, 9.17) is 9.84 Å². The number of halogens is 3. The molecule has 1 saturated heterocycles. The number of hydrogen-bond donors (Lipinski definition) is 1. The van der Waals surface area contributed by atoms with Crippen LogP contribution in [0.2, 0.25) is 0 Å². The molecule has 1 fully saturated rings. The molecular formula is C28H31F3N6O3S. The second kappa shape index (κ2) is 12.5. The van der Waals surface area contributed by atoms with E-state index in [2.05, 4.69) is 10.2 Å². The predicted octanol–water partition coefficient (Wildman–Crippen LogP) is 4.65. The average molecular weight is 589 g/mol. The van der Waals surface area contributed by atoms with Crippen molar-refractivity contribution in [2.75, 3.05) is 51.3 Å². The molecule has 3 aromatic rings. The number of rotatable bonds is 8. The van der Waals surface area contributed by atoms with Gasteiger partial charge in [0.05, 0.1) is 29.4 Å². The van der Waals surface area contributed by atoms with Gasteiger partial charge in [0.1, 0.15) is 12.6 Å². The van der Waals surface area contributed by atoms with Crippen molar-refractivity contribution in [1.82, 2.24) is 19.4 Å². The molecule has 4 heterocycles. The van der Waals surface area contributed by atoms with Crippen LogP contribution in [0, 0.1) is 0 Å². The largest absolute Gasteiger partial charge is 0.416 e. The average Bonchev–Trinajstić information content (AvgIpc) is 3.72. The smallest absolute Gasteiger partial charge is 0.379 e. The van der Waals surface area contributed by atoms with Gasteiger partial charge in [0.2, 0.25) is 0 Å². The van der Waals surface area contributed by atoms with Gasteiger partial charge in [-0.15, -0.1) is 11.3 Å². The van der Waals surface area contributed by atoms with Crippen molar-refractivity contribution in [3.8, 4) is 0 Å². The maximum absolute atomic E-state index is 13.8. The summed E-state index contributed by atoms with van der Waals surface area (Å²) in [7, 11) is 1.91. The molecule has 218 valence electrons. The van der Waals surface area contributed by atoms with Crippen LogP contribution in [0.1, 0.15) is 28.6 Å². The van der Waals surface area contributed by atoms with Crippen LogP contribution in [-0.2, 0) is 22.8 Å². The number of nitrogens with one attached hydrogen (secondary N) is 1. The summed E-state index contributed by atoms with van der Waals surface area (Å²) >= 11 is 1.55. The van der Waals surface area contributed by atoms with Gasteiger partial charge in [0.25, 0.3) is 5.91 Å². The van der Waals surface area contributed by atoms with E-state index >= 15 is 0 Å². The Bertz CT molecular complexity index is 1370. The van der Waals surface area contributed by atoms with Gasteiger partial charge in [-0.25, -0.2) is 9.80 Å². The molecule has 1 N–H and O–H groups in total. The van der Waals surface area contributed by atoms with E-state index in [1.54, 1.807) is 11.3 Å². The highest BCUT2D eigenvalue weighted by Crippen LogP contribution is 2.34. The molecule has 0 saturated carbocycles. The Labute approximate surface area is 239 Å². The molecule has 0 aliphatic carbocycles. The van der Waals surface area contributed by atoms with Crippen molar-refractivity contribution >= 4 is 34.7 Å². The van der Waals surface area contributed by atoms with E-state index in [1.165, 1.54) is 22.0 Å². The fourth-order valence-electron chi connectivity index (χ4n) is 4.90. The first-order chi connectivity index (χ1) is 19.7. The second-order valence-electron chi connectivity index (χ2n) is 9.91. The molecule has 5 rings (SSSR count). The molecule has 9 nitrogen and oxygen atoms in total. The Balaban J connectivity index is 1.35. The summed E-state index contributed by atoms with van der Waals surface area (Å²) in [6.07, 6.45) is -2.03. The minimum absolute atomic E-state index is 0.202. The number of benzene rings is 1. The molecule has 2 aliphatic rings. The number of aromatic nitrogens is 1. The number of alkyl halides is 3.